The van der Waals surface area contributed by atoms with E-state index in [1.807, 2.05) is 22.2 Å². The van der Waals surface area contributed by atoms with E-state index in [1.165, 1.54) is 39.9 Å². The summed E-state index contributed by atoms with van der Waals surface area (Å²) in [6.07, 6.45) is 3.91. The van der Waals surface area contributed by atoms with Crippen LogP contribution in [0.15, 0.2) is 46.9 Å². The van der Waals surface area contributed by atoms with Crippen LogP contribution in [0.2, 0.25) is 0 Å². The molecule has 2 N–H and O–H groups in total. The van der Waals surface area contributed by atoms with Crippen molar-refractivity contribution in [1.82, 2.24) is 18.6 Å². The number of sulfonamides is 1. The average Bonchev–Trinajstić information content (AvgIpc) is 3.30. The van der Waals surface area contributed by atoms with E-state index in [-0.39, 0.29) is 35.9 Å². The molecule has 1 aliphatic heterocycles. The highest BCUT2D eigenvalue weighted by atomic mass is 32.2. The number of nitrogens with two attached hydrogens (primary N) is 1. The Morgan fingerprint density at radius 1 is 1.10 bits per heavy atom. The van der Waals surface area contributed by atoms with Gasteiger partial charge in [0.1, 0.15) is 0 Å². The highest BCUT2D eigenvalue weighted by molar-refractivity contribution is 7.89. The second kappa shape index (κ2) is 7.58. The van der Waals surface area contributed by atoms with Crippen LogP contribution in [0, 0.1) is 0 Å². The lowest BCUT2D eigenvalue weighted by Gasteiger charge is -2.34. The van der Waals surface area contributed by atoms with Crippen molar-refractivity contribution in [1.29, 1.82) is 0 Å². The summed E-state index contributed by atoms with van der Waals surface area (Å²) in [6, 6.07) is 5.53. The molecule has 3 heterocycles. The van der Waals surface area contributed by atoms with Crippen LogP contribution in [0.3, 0.4) is 0 Å². The molecule has 2 aromatic heterocycles. The van der Waals surface area contributed by atoms with Crippen molar-refractivity contribution in [2.75, 3.05) is 26.2 Å². The molecule has 1 aliphatic rings. The molecule has 3 aromatic rings. The van der Waals surface area contributed by atoms with E-state index < -0.39 is 15.9 Å². The van der Waals surface area contributed by atoms with Crippen LogP contribution in [0.25, 0.3) is 4.96 Å². The van der Waals surface area contributed by atoms with Gasteiger partial charge < -0.3 is 10.6 Å². The minimum absolute atomic E-state index is 0.0707. The molecular formula is C18H19N5O4S2. The van der Waals surface area contributed by atoms with Gasteiger partial charge in [0.2, 0.25) is 21.8 Å². The van der Waals surface area contributed by atoms with Gasteiger partial charge in [0.05, 0.1) is 17.0 Å². The van der Waals surface area contributed by atoms with Crippen LogP contribution in [-0.2, 0) is 21.2 Å². The van der Waals surface area contributed by atoms with Crippen molar-refractivity contribution in [3.05, 3.63) is 53.3 Å². The fraction of sp³-hybridized carbons (Fsp3) is 0.278. The van der Waals surface area contributed by atoms with E-state index in [0.717, 1.165) is 4.96 Å². The number of rotatable bonds is 5. The summed E-state index contributed by atoms with van der Waals surface area (Å²) < 4.78 is 28.8. The van der Waals surface area contributed by atoms with Crippen molar-refractivity contribution in [2.24, 2.45) is 5.73 Å². The summed E-state index contributed by atoms with van der Waals surface area (Å²) in [5.41, 5.74) is 6.14. The van der Waals surface area contributed by atoms with Crippen LogP contribution >= 0.6 is 11.3 Å². The number of piperazine rings is 1. The number of benzene rings is 1. The van der Waals surface area contributed by atoms with E-state index >= 15 is 0 Å². The van der Waals surface area contributed by atoms with E-state index in [1.54, 1.807) is 4.90 Å². The standard InChI is InChI=1S/C18H19N5O4S2/c19-17(25)13-1-3-15(4-2-13)29(26,27)23-7-5-21(6-8-23)16(24)11-14-12-22-9-10-28-18(22)20-14/h1-4,9-10,12H,5-8,11H2,(H2,19,25). The topological polar surface area (TPSA) is 118 Å². The Morgan fingerprint density at radius 3 is 2.41 bits per heavy atom. The molecule has 0 atom stereocenters. The molecule has 1 saturated heterocycles. The van der Waals surface area contributed by atoms with Gasteiger partial charge in [0, 0.05) is 49.5 Å². The van der Waals surface area contributed by atoms with Crippen LogP contribution in [-0.4, -0.2) is 65.0 Å². The molecule has 1 fully saturated rings. The first-order valence-corrected chi connectivity index (χ1v) is 11.3. The van der Waals surface area contributed by atoms with Crippen LogP contribution in [0.4, 0.5) is 0 Å². The Balaban J connectivity index is 1.38. The zero-order chi connectivity index (χ0) is 20.6. The first-order chi connectivity index (χ1) is 13.8. The van der Waals surface area contributed by atoms with Crippen LogP contribution < -0.4 is 5.73 Å². The number of nitrogens with zero attached hydrogens (tertiary/aromatic N) is 4. The molecule has 9 nitrogen and oxygen atoms in total. The third-order valence-electron chi connectivity index (χ3n) is 4.84. The lowest BCUT2D eigenvalue weighted by Crippen LogP contribution is -2.50. The van der Waals surface area contributed by atoms with Crippen molar-refractivity contribution in [3.8, 4) is 0 Å². The molecule has 4 rings (SSSR count). The number of fused-ring (bicyclic) bond motifs is 1. The Bertz CT molecular complexity index is 1130. The number of imidazole rings is 1. The van der Waals surface area contributed by atoms with Gasteiger partial charge in [-0.1, -0.05) is 0 Å². The van der Waals surface area contributed by atoms with Gasteiger partial charge in [-0.25, -0.2) is 13.4 Å². The quantitative estimate of drug-likeness (QED) is 0.631. The van der Waals surface area contributed by atoms with Gasteiger partial charge in [-0.2, -0.15) is 4.31 Å². The molecule has 2 amide bonds. The molecule has 152 valence electrons. The maximum Gasteiger partial charge on any atom is 0.248 e. The highest BCUT2D eigenvalue weighted by Gasteiger charge is 2.30. The monoisotopic (exact) mass is 433 g/mol. The lowest BCUT2D eigenvalue weighted by molar-refractivity contribution is -0.131. The lowest BCUT2D eigenvalue weighted by atomic mass is 10.2. The Hall–Kier alpha value is -2.76. The average molecular weight is 434 g/mol. The van der Waals surface area contributed by atoms with Gasteiger partial charge in [0.25, 0.3) is 0 Å². The van der Waals surface area contributed by atoms with Gasteiger partial charge >= 0.3 is 0 Å². The maximum atomic E-state index is 12.8. The Kier molecular flexibility index (Phi) is 5.11. The summed E-state index contributed by atoms with van der Waals surface area (Å²) in [7, 11) is -3.69. The third-order valence-corrected chi connectivity index (χ3v) is 7.53. The first kappa shape index (κ1) is 19.6. The van der Waals surface area contributed by atoms with Crippen LogP contribution in [0.5, 0.6) is 0 Å². The molecule has 1 aromatic carbocycles. The maximum absolute atomic E-state index is 12.8. The molecule has 0 bridgehead atoms. The molecular weight excluding hydrogens is 414 g/mol. The van der Waals surface area contributed by atoms with Crippen molar-refractivity contribution in [3.63, 3.8) is 0 Å². The zero-order valence-corrected chi connectivity index (χ0v) is 17.0. The van der Waals surface area contributed by atoms with E-state index in [9.17, 15) is 18.0 Å². The number of primary amides is 1. The molecule has 0 radical (unpaired) electrons. The van der Waals surface area contributed by atoms with Crippen molar-refractivity contribution in [2.45, 2.75) is 11.3 Å². The highest BCUT2D eigenvalue weighted by Crippen LogP contribution is 2.19. The molecule has 29 heavy (non-hydrogen) atoms. The van der Waals surface area contributed by atoms with Gasteiger partial charge in [-0.05, 0) is 24.3 Å². The summed E-state index contributed by atoms with van der Waals surface area (Å²) in [5, 5.41) is 1.93. The van der Waals surface area contributed by atoms with Gasteiger partial charge in [-0.15, -0.1) is 11.3 Å². The largest absolute Gasteiger partial charge is 0.366 e. The predicted molar refractivity (Wildman–Crippen MR) is 107 cm³/mol. The number of carbonyl (C=O) groups is 2. The summed E-state index contributed by atoms with van der Waals surface area (Å²) in [5.74, 6) is -0.683. The second-order valence-corrected chi connectivity index (χ2v) is 9.49. The molecule has 0 spiro atoms. The summed E-state index contributed by atoms with van der Waals surface area (Å²) in [6.45, 7) is 1.06. The smallest absolute Gasteiger partial charge is 0.248 e. The molecule has 0 unspecified atom stereocenters. The van der Waals surface area contributed by atoms with Gasteiger partial charge in [-0.3, -0.25) is 14.0 Å². The van der Waals surface area contributed by atoms with E-state index in [4.69, 9.17) is 5.73 Å². The molecule has 11 heteroatoms. The zero-order valence-electron chi connectivity index (χ0n) is 15.4. The Morgan fingerprint density at radius 2 is 1.79 bits per heavy atom. The minimum atomic E-state index is -3.69. The number of aromatic nitrogens is 2. The fourth-order valence-corrected chi connectivity index (χ4v) is 5.39. The number of hydrogen-bond donors (Lipinski definition) is 1. The number of amides is 2. The van der Waals surface area contributed by atoms with Crippen molar-refractivity contribution >= 4 is 38.1 Å². The predicted octanol–water partition coefficient (Wildman–Crippen LogP) is 0.570. The van der Waals surface area contributed by atoms with Crippen molar-refractivity contribution < 1.29 is 18.0 Å². The number of hydrogen-bond acceptors (Lipinski definition) is 6. The summed E-state index contributed by atoms with van der Waals surface area (Å²) in [4.78, 5) is 30.7. The second-order valence-electron chi connectivity index (χ2n) is 6.68. The van der Waals surface area contributed by atoms with E-state index in [2.05, 4.69) is 4.98 Å². The summed E-state index contributed by atoms with van der Waals surface area (Å²) >= 11 is 1.50. The first-order valence-electron chi connectivity index (χ1n) is 8.93. The van der Waals surface area contributed by atoms with Crippen LogP contribution in [0.1, 0.15) is 16.1 Å². The normalized spacial score (nSPS) is 15.7. The fourth-order valence-electron chi connectivity index (χ4n) is 3.25. The third kappa shape index (κ3) is 3.88. The minimum Gasteiger partial charge on any atom is -0.366 e. The molecule has 0 aliphatic carbocycles. The number of thiazole rings is 1. The SMILES string of the molecule is NC(=O)c1ccc(S(=O)(=O)N2CCN(C(=O)Cc3cn4ccsc4n3)CC2)cc1. The van der Waals surface area contributed by atoms with E-state index in [0.29, 0.717) is 18.8 Å². The Labute approximate surface area is 171 Å². The number of carbonyl (C=O) groups excluding carboxylic acids is 2. The molecule has 0 saturated carbocycles. The van der Waals surface area contributed by atoms with Gasteiger partial charge in [0.15, 0.2) is 4.96 Å².